The fourth-order valence-electron chi connectivity index (χ4n) is 1.55. The second-order valence-corrected chi connectivity index (χ2v) is 4.27. The second-order valence-electron chi connectivity index (χ2n) is 4.27. The van der Waals surface area contributed by atoms with Crippen molar-refractivity contribution in [2.75, 3.05) is 16.4 Å². The summed E-state index contributed by atoms with van der Waals surface area (Å²) >= 11 is 0. The third-order valence-corrected chi connectivity index (χ3v) is 2.70. The smallest absolute Gasteiger partial charge is 0.394 e. The van der Waals surface area contributed by atoms with Crippen LogP contribution in [0.15, 0.2) is 24.3 Å². The zero-order valence-electron chi connectivity index (χ0n) is 10.9. The Morgan fingerprint density at radius 2 is 1.86 bits per heavy atom. The van der Waals surface area contributed by atoms with Gasteiger partial charge < -0.3 is 11.1 Å². The van der Waals surface area contributed by atoms with Crippen LogP contribution >= 0.6 is 0 Å². The van der Waals surface area contributed by atoms with Crippen LogP contribution in [0.25, 0.3) is 0 Å². The van der Waals surface area contributed by atoms with Crippen LogP contribution in [0.3, 0.4) is 0 Å². The molecule has 2 amide bonds. The van der Waals surface area contributed by atoms with Gasteiger partial charge in [-0.3, -0.25) is 10.4 Å². The number of rotatable bonds is 2. The van der Waals surface area contributed by atoms with Gasteiger partial charge in [0.15, 0.2) is 5.82 Å². The van der Waals surface area contributed by atoms with E-state index < -0.39 is 17.8 Å². The van der Waals surface area contributed by atoms with Crippen molar-refractivity contribution in [3.63, 3.8) is 0 Å². The lowest BCUT2D eigenvalue weighted by molar-refractivity contribution is -0.137. The first kappa shape index (κ1) is 14.7. The molecule has 0 fully saturated rings. The van der Waals surface area contributed by atoms with Crippen LogP contribution in [0.2, 0.25) is 0 Å². The summed E-state index contributed by atoms with van der Waals surface area (Å²) in [7, 11) is 0. The quantitative estimate of drug-likeness (QED) is 0.686. The Morgan fingerprint density at radius 3 is 2.33 bits per heavy atom. The minimum Gasteiger partial charge on any atom is -0.394 e. The Kier molecular flexibility index (Phi) is 3.74. The highest BCUT2D eigenvalue weighted by Crippen LogP contribution is 2.29. The molecule has 0 unspecified atom stereocenters. The highest BCUT2D eigenvalue weighted by molar-refractivity contribution is 6.00. The molecule has 21 heavy (non-hydrogen) atoms. The first-order valence-corrected chi connectivity index (χ1v) is 5.83. The van der Waals surface area contributed by atoms with E-state index in [9.17, 15) is 18.0 Å². The number of nitrogens with zero attached hydrogens (tertiary/aromatic N) is 1. The van der Waals surface area contributed by atoms with Gasteiger partial charge in [-0.2, -0.15) is 18.3 Å². The zero-order chi connectivity index (χ0) is 15.6. The number of aromatic nitrogens is 2. The molecule has 1 heterocycles. The Bertz CT molecular complexity index is 648. The Labute approximate surface area is 117 Å². The number of alkyl halides is 3. The first-order valence-electron chi connectivity index (χ1n) is 5.83. The van der Waals surface area contributed by atoms with Crippen LogP contribution < -0.4 is 16.4 Å². The molecule has 0 bridgehead atoms. The monoisotopic (exact) mass is 299 g/mol. The van der Waals surface area contributed by atoms with Gasteiger partial charge in [-0.15, -0.1) is 0 Å². The van der Waals surface area contributed by atoms with Crippen molar-refractivity contribution in [2.45, 2.75) is 13.1 Å². The molecular formula is C12H12F3N5O. The number of carbonyl (C=O) groups excluding carboxylic acids is 1. The van der Waals surface area contributed by atoms with Crippen molar-refractivity contribution in [3.05, 3.63) is 35.5 Å². The van der Waals surface area contributed by atoms with Gasteiger partial charge in [0.1, 0.15) is 0 Å². The number of nitrogens with two attached hydrogens (primary N) is 1. The minimum absolute atomic E-state index is 0.150. The van der Waals surface area contributed by atoms with E-state index in [1.54, 1.807) is 6.92 Å². The topological polar surface area (TPSA) is 95.8 Å². The van der Waals surface area contributed by atoms with Gasteiger partial charge in [0.05, 0.1) is 16.9 Å². The van der Waals surface area contributed by atoms with E-state index in [2.05, 4.69) is 20.8 Å². The van der Waals surface area contributed by atoms with Crippen LogP contribution in [-0.4, -0.2) is 16.2 Å². The number of amides is 2. The molecule has 0 aliphatic rings. The molecular weight excluding hydrogens is 287 g/mol. The van der Waals surface area contributed by atoms with Crippen LogP contribution in [0.4, 0.5) is 35.2 Å². The third-order valence-electron chi connectivity index (χ3n) is 2.70. The summed E-state index contributed by atoms with van der Waals surface area (Å²) in [4.78, 5) is 11.7. The highest BCUT2D eigenvalue weighted by Gasteiger charge is 2.29. The molecule has 5 N–H and O–H groups in total. The minimum atomic E-state index is -4.41. The number of hydrogen-bond donors (Lipinski definition) is 4. The van der Waals surface area contributed by atoms with E-state index in [0.29, 0.717) is 5.69 Å². The van der Waals surface area contributed by atoms with Crippen LogP contribution in [0.1, 0.15) is 11.3 Å². The lowest BCUT2D eigenvalue weighted by Crippen LogP contribution is -2.20. The van der Waals surface area contributed by atoms with Crippen molar-refractivity contribution in [1.82, 2.24) is 10.2 Å². The molecule has 2 aromatic rings. The Morgan fingerprint density at radius 1 is 1.24 bits per heavy atom. The molecule has 0 radical (unpaired) electrons. The predicted octanol–water partition coefficient (Wildman–Crippen LogP) is 2.96. The number of nitrogen functional groups attached to an aromatic ring is 1. The summed E-state index contributed by atoms with van der Waals surface area (Å²) in [5.74, 6) is 0.150. The predicted molar refractivity (Wildman–Crippen MR) is 71.8 cm³/mol. The molecule has 0 aliphatic carbocycles. The number of hydrogen-bond acceptors (Lipinski definition) is 3. The summed E-state index contributed by atoms with van der Waals surface area (Å²) in [6.45, 7) is 1.68. The molecule has 0 aliphatic heterocycles. The van der Waals surface area contributed by atoms with Crippen molar-refractivity contribution < 1.29 is 18.0 Å². The van der Waals surface area contributed by atoms with Crippen molar-refractivity contribution >= 4 is 23.2 Å². The fourth-order valence-corrected chi connectivity index (χ4v) is 1.55. The van der Waals surface area contributed by atoms with Crippen molar-refractivity contribution in [3.8, 4) is 0 Å². The van der Waals surface area contributed by atoms with E-state index in [4.69, 9.17) is 5.73 Å². The van der Waals surface area contributed by atoms with Gasteiger partial charge in [0.25, 0.3) is 0 Å². The number of benzene rings is 1. The molecule has 0 spiro atoms. The second kappa shape index (κ2) is 5.35. The standard InChI is InChI=1S/C12H12F3N5O/c1-6-9(16)10(20-19-6)18-11(21)17-8-4-2-7(3-5-8)12(13,14)15/h2-5H,16H2,1H3,(H3,17,18,19,20,21). The van der Waals surface area contributed by atoms with E-state index >= 15 is 0 Å². The molecule has 2 rings (SSSR count). The van der Waals surface area contributed by atoms with Crippen molar-refractivity contribution in [2.24, 2.45) is 0 Å². The van der Waals surface area contributed by atoms with E-state index in [1.165, 1.54) is 0 Å². The molecule has 1 aromatic carbocycles. The molecule has 9 heteroatoms. The molecule has 0 saturated heterocycles. The Hall–Kier alpha value is -2.71. The summed E-state index contributed by atoms with van der Waals surface area (Å²) in [5.41, 5.74) is 5.96. The molecule has 6 nitrogen and oxygen atoms in total. The molecule has 0 atom stereocenters. The summed E-state index contributed by atoms with van der Waals surface area (Å²) in [6, 6.07) is 3.40. The van der Waals surface area contributed by atoms with Gasteiger partial charge >= 0.3 is 12.2 Å². The number of aryl methyl sites for hydroxylation is 1. The number of nitrogens with one attached hydrogen (secondary N) is 3. The molecule has 112 valence electrons. The summed E-state index contributed by atoms with van der Waals surface area (Å²) in [5, 5.41) is 11.1. The van der Waals surface area contributed by atoms with Gasteiger partial charge in [0.2, 0.25) is 0 Å². The lowest BCUT2D eigenvalue weighted by atomic mass is 10.2. The largest absolute Gasteiger partial charge is 0.416 e. The molecule has 1 aromatic heterocycles. The van der Waals surface area contributed by atoms with Gasteiger partial charge in [-0.1, -0.05) is 0 Å². The maximum absolute atomic E-state index is 12.4. The highest BCUT2D eigenvalue weighted by atomic mass is 19.4. The molecule has 0 saturated carbocycles. The average molecular weight is 299 g/mol. The van der Waals surface area contributed by atoms with E-state index in [1.807, 2.05) is 0 Å². The number of anilines is 3. The Balaban J connectivity index is 2.01. The van der Waals surface area contributed by atoms with Crippen molar-refractivity contribution in [1.29, 1.82) is 0 Å². The third kappa shape index (κ3) is 3.44. The first-order chi connectivity index (χ1) is 9.77. The van der Waals surface area contributed by atoms with Crippen LogP contribution in [0, 0.1) is 6.92 Å². The summed E-state index contributed by atoms with van der Waals surface area (Å²) in [6.07, 6.45) is -4.41. The van der Waals surface area contributed by atoms with Crippen LogP contribution in [-0.2, 0) is 6.18 Å². The van der Waals surface area contributed by atoms with Crippen LogP contribution in [0.5, 0.6) is 0 Å². The number of halogens is 3. The van der Waals surface area contributed by atoms with Gasteiger partial charge in [-0.05, 0) is 31.2 Å². The van der Waals surface area contributed by atoms with E-state index in [0.717, 1.165) is 24.3 Å². The number of urea groups is 1. The number of aromatic amines is 1. The zero-order valence-corrected chi connectivity index (χ0v) is 10.9. The van der Waals surface area contributed by atoms with E-state index in [-0.39, 0.29) is 17.2 Å². The fraction of sp³-hybridized carbons (Fsp3) is 0.167. The average Bonchev–Trinajstić information content (AvgIpc) is 2.70. The number of H-pyrrole nitrogens is 1. The summed E-state index contributed by atoms with van der Waals surface area (Å²) < 4.78 is 37.2. The maximum atomic E-state index is 12.4. The van der Waals surface area contributed by atoms with Gasteiger partial charge in [-0.25, -0.2) is 4.79 Å². The number of carbonyl (C=O) groups is 1. The maximum Gasteiger partial charge on any atom is 0.416 e. The SMILES string of the molecule is Cc1[nH]nc(NC(=O)Nc2ccc(C(F)(F)F)cc2)c1N. The lowest BCUT2D eigenvalue weighted by Gasteiger charge is -2.09. The normalized spacial score (nSPS) is 11.2. The van der Waals surface area contributed by atoms with Gasteiger partial charge in [0, 0.05) is 5.69 Å².